The molecule has 0 saturated heterocycles. The summed E-state index contributed by atoms with van der Waals surface area (Å²) in [7, 11) is 0. The second-order valence-electron chi connectivity index (χ2n) is 7.63. The van der Waals surface area contributed by atoms with Gasteiger partial charge in [-0.2, -0.15) is 0 Å². The number of carbonyl (C=O) groups excluding carboxylic acids is 1. The van der Waals surface area contributed by atoms with Gasteiger partial charge in [0.2, 0.25) is 0 Å². The average Bonchev–Trinajstić information content (AvgIpc) is 3.39. The molecule has 5 heteroatoms. The van der Waals surface area contributed by atoms with E-state index in [-0.39, 0.29) is 5.91 Å². The van der Waals surface area contributed by atoms with E-state index < -0.39 is 0 Å². The van der Waals surface area contributed by atoms with Crippen LogP contribution < -0.4 is 5.32 Å². The monoisotopic (exact) mass is 395 g/mol. The van der Waals surface area contributed by atoms with Crippen molar-refractivity contribution in [3.05, 3.63) is 54.2 Å². The molecule has 3 aromatic rings. The van der Waals surface area contributed by atoms with Crippen LogP contribution in [0.25, 0.3) is 11.0 Å². The van der Waals surface area contributed by atoms with Crippen LogP contribution in [0.3, 0.4) is 0 Å². The Labute approximate surface area is 173 Å². The van der Waals surface area contributed by atoms with Gasteiger partial charge in [-0.1, -0.05) is 51.2 Å². The first kappa shape index (κ1) is 21.2. The molecule has 0 aliphatic rings. The topological polar surface area (TPSA) is 60.1 Å². The molecule has 0 radical (unpaired) electrons. The highest BCUT2D eigenvalue weighted by Crippen LogP contribution is 2.19. The lowest BCUT2D eigenvalue weighted by Crippen LogP contribution is -2.23. The van der Waals surface area contributed by atoms with Gasteiger partial charge in [0, 0.05) is 19.5 Å². The van der Waals surface area contributed by atoms with Crippen LogP contribution in [0, 0.1) is 0 Å². The van der Waals surface area contributed by atoms with Crippen LogP contribution in [0.2, 0.25) is 0 Å². The van der Waals surface area contributed by atoms with Crippen molar-refractivity contribution >= 4 is 16.9 Å². The molecule has 0 fully saturated rings. The van der Waals surface area contributed by atoms with Gasteiger partial charge in [-0.3, -0.25) is 4.79 Å². The smallest absolute Gasteiger partial charge is 0.286 e. The van der Waals surface area contributed by atoms with Crippen molar-refractivity contribution in [2.75, 3.05) is 6.54 Å². The van der Waals surface area contributed by atoms with Crippen molar-refractivity contribution in [3.8, 4) is 0 Å². The van der Waals surface area contributed by atoms with Gasteiger partial charge < -0.3 is 14.3 Å². The van der Waals surface area contributed by atoms with Crippen molar-refractivity contribution < 1.29 is 9.21 Å². The number of hydrogen-bond donors (Lipinski definition) is 1. The number of aromatic nitrogens is 2. The number of imidazole rings is 1. The maximum absolute atomic E-state index is 11.9. The van der Waals surface area contributed by atoms with Gasteiger partial charge in [0.25, 0.3) is 5.91 Å². The zero-order valence-corrected chi connectivity index (χ0v) is 17.5. The van der Waals surface area contributed by atoms with Crippen LogP contribution in [0.1, 0.15) is 74.7 Å². The molecule has 156 valence electrons. The summed E-state index contributed by atoms with van der Waals surface area (Å²) in [5.74, 6) is 1.43. The van der Waals surface area contributed by atoms with Crippen LogP contribution in [-0.2, 0) is 13.0 Å². The fraction of sp³-hybridized carbons (Fsp3) is 0.500. The molecular formula is C24H33N3O2. The second-order valence-corrected chi connectivity index (χ2v) is 7.63. The van der Waals surface area contributed by atoms with Gasteiger partial charge in [-0.05, 0) is 43.5 Å². The summed E-state index contributed by atoms with van der Waals surface area (Å²) in [4.78, 5) is 16.7. The van der Waals surface area contributed by atoms with Gasteiger partial charge in [0.05, 0.1) is 17.3 Å². The summed E-state index contributed by atoms with van der Waals surface area (Å²) in [6.07, 6.45) is 12.0. The van der Waals surface area contributed by atoms with Crippen LogP contribution in [-0.4, -0.2) is 22.0 Å². The minimum Gasteiger partial charge on any atom is -0.459 e. The molecule has 0 aliphatic heterocycles. The first-order valence-electron chi connectivity index (χ1n) is 11.1. The van der Waals surface area contributed by atoms with Crippen LogP contribution in [0.15, 0.2) is 47.1 Å². The Bertz CT molecular complexity index is 868. The number of aryl methyl sites for hydroxylation is 2. The molecule has 0 unspecified atom stereocenters. The zero-order chi connectivity index (χ0) is 20.3. The van der Waals surface area contributed by atoms with Crippen LogP contribution in [0.5, 0.6) is 0 Å². The van der Waals surface area contributed by atoms with E-state index in [0.29, 0.717) is 12.3 Å². The normalized spacial score (nSPS) is 11.2. The fourth-order valence-corrected chi connectivity index (χ4v) is 3.72. The number of amides is 1. The van der Waals surface area contributed by atoms with Gasteiger partial charge >= 0.3 is 0 Å². The Morgan fingerprint density at radius 2 is 1.83 bits per heavy atom. The van der Waals surface area contributed by atoms with Crippen molar-refractivity contribution in [1.29, 1.82) is 0 Å². The highest BCUT2D eigenvalue weighted by molar-refractivity contribution is 5.91. The van der Waals surface area contributed by atoms with E-state index in [1.165, 1.54) is 49.7 Å². The van der Waals surface area contributed by atoms with Gasteiger partial charge in [0.15, 0.2) is 5.76 Å². The summed E-state index contributed by atoms with van der Waals surface area (Å²) in [5.41, 5.74) is 2.35. The lowest BCUT2D eigenvalue weighted by Gasteiger charge is -2.09. The number of unbranched alkanes of at least 4 members (excludes halogenated alkanes) is 6. The molecule has 29 heavy (non-hydrogen) atoms. The number of nitrogens with one attached hydrogen (secondary N) is 1. The Morgan fingerprint density at radius 1 is 1.00 bits per heavy atom. The molecule has 0 spiro atoms. The average molecular weight is 396 g/mol. The Kier molecular flexibility index (Phi) is 8.35. The number of furan rings is 1. The highest BCUT2D eigenvalue weighted by atomic mass is 16.3. The van der Waals surface area contributed by atoms with E-state index in [1.54, 1.807) is 12.1 Å². The molecule has 2 aromatic heterocycles. The SMILES string of the molecule is CCCCCCCn1c(CCCCCNC(=O)c2ccco2)nc2ccccc21. The third-order valence-electron chi connectivity index (χ3n) is 5.33. The third kappa shape index (κ3) is 6.21. The zero-order valence-electron chi connectivity index (χ0n) is 17.5. The van der Waals surface area contributed by atoms with Gasteiger partial charge in [-0.15, -0.1) is 0 Å². The summed E-state index contributed by atoms with van der Waals surface area (Å²) < 4.78 is 7.52. The number of nitrogens with zero attached hydrogens (tertiary/aromatic N) is 2. The fourth-order valence-electron chi connectivity index (χ4n) is 3.72. The molecule has 0 atom stereocenters. The number of fused-ring (bicyclic) bond motifs is 1. The molecule has 1 amide bonds. The quantitative estimate of drug-likeness (QED) is 0.375. The molecule has 0 saturated carbocycles. The molecule has 2 heterocycles. The van der Waals surface area contributed by atoms with E-state index in [9.17, 15) is 4.79 Å². The lowest BCUT2D eigenvalue weighted by molar-refractivity contribution is 0.0925. The van der Waals surface area contributed by atoms with E-state index in [0.717, 1.165) is 37.7 Å². The minimum atomic E-state index is -0.139. The molecule has 0 aliphatic carbocycles. The molecule has 0 bridgehead atoms. The van der Waals surface area contributed by atoms with E-state index in [4.69, 9.17) is 9.40 Å². The van der Waals surface area contributed by atoms with E-state index in [2.05, 4.69) is 41.1 Å². The summed E-state index contributed by atoms with van der Waals surface area (Å²) in [6.45, 7) is 3.98. The van der Waals surface area contributed by atoms with Crippen molar-refractivity contribution in [1.82, 2.24) is 14.9 Å². The Balaban J connectivity index is 1.45. The van der Waals surface area contributed by atoms with Gasteiger partial charge in [0.1, 0.15) is 5.82 Å². The Morgan fingerprint density at radius 3 is 2.66 bits per heavy atom. The molecule has 1 aromatic carbocycles. The lowest BCUT2D eigenvalue weighted by atomic mass is 10.1. The van der Waals surface area contributed by atoms with Crippen LogP contribution in [0.4, 0.5) is 0 Å². The maximum Gasteiger partial charge on any atom is 0.286 e. The largest absolute Gasteiger partial charge is 0.459 e. The number of para-hydroxylation sites is 2. The van der Waals surface area contributed by atoms with Gasteiger partial charge in [-0.25, -0.2) is 4.98 Å². The first-order chi connectivity index (χ1) is 14.3. The molecular weight excluding hydrogens is 362 g/mol. The van der Waals surface area contributed by atoms with Crippen molar-refractivity contribution in [3.63, 3.8) is 0 Å². The molecule has 3 rings (SSSR count). The maximum atomic E-state index is 11.9. The Hall–Kier alpha value is -2.56. The minimum absolute atomic E-state index is 0.139. The number of carbonyl (C=O) groups is 1. The van der Waals surface area contributed by atoms with E-state index in [1.807, 2.05) is 0 Å². The van der Waals surface area contributed by atoms with Crippen molar-refractivity contribution in [2.24, 2.45) is 0 Å². The van der Waals surface area contributed by atoms with Crippen LogP contribution >= 0.6 is 0 Å². The standard InChI is InChI=1S/C24H33N3O2/c1-2-3-4-5-11-18-27-21-14-9-8-13-20(21)26-23(27)16-7-6-10-17-25-24(28)22-15-12-19-29-22/h8-9,12-15,19H,2-7,10-11,16-18H2,1H3,(H,25,28). The molecule has 1 N–H and O–H groups in total. The third-order valence-corrected chi connectivity index (χ3v) is 5.33. The predicted molar refractivity (Wildman–Crippen MR) is 117 cm³/mol. The number of hydrogen-bond acceptors (Lipinski definition) is 3. The predicted octanol–water partition coefficient (Wildman–Crippen LogP) is 5.74. The highest BCUT2D eigenvalue weighted by Gasteiger charge is 2.10. The van der Waals surface area contributed by atoms with Crippen molar-refractivity contribution in [2.45, 2.75) is 71.3 Å². The second kappa shape index (κ2) is 11.4. The summed E-state index contributed by atoms with van der Waals surface area (Å²) in [6, 6.07) is 11.9. The summed E-state index contributed by atoms with van der Waals surface area (Å²) in [5, 5.41) is 2.91. The number of rotatable bonds is 13. The molecule has 5 nitrogen and oxygen atoms in total. The first-order valence-corrected chi connectivity index (χ1v) is 11.1. The summed E-state index contributed by atoms with van der Waals surface area (Å²) >= 11 is 0. The number of benzene rings is 1. The van der Waals surface area contributed by atoms with E-state index >= 15 is 0 Å².